The van der Waals surface area contributed by atoms with Crippen molar-refractivity contribution in [3.05, 3.63) is 45.6 Å². The highest BCUT2D eigenvalue weighted by Crippen LogP contribution is 2.42. The molecule has 30 heavy (non-hydrogen) atoms. The Bertz CT molecular complexity index is 965. The Kier molecular flexibility index (Phi) is 5.72. The minimum atomic E-state index is -0.778. The third kappa shape index (κ3) is 3.90. The Morgan fingerprint density at radius 3 is 2.67 bits per heavy atom. The molecule has 1 fully saturated rings. The molecule has 158 valence electrons. The topological polar surface area (TPSA) is 74.6 Å². The molecule has 2 atom stereocenters. The molecule has 1 saturated carbocycles. The predicted octanol–water partition coefficient (Wildman–Crippen LogP) is 3.52. The van der Waals surface area contributed by atoms with Gasteiger partial charge in [0.25, 0.3) is 0 Å². The Morgan fingerprint density at radius 2 is 2.07 bits per heavy atom. The average molecular weight is 426 g/mol. The number of hydrogen-bond donors (Lipinski definition) is 1. The summed E-state index contributed by atoms with van der Waals surface area (Å²) in [5.41, 5.74) is 1.57. The van der Waals surface area contributed by atoms with E-state index in [2.05, 4.69) is 27.7 Å². The van der Waals surface area contributed by atoms with Gasteiger partial charge in [-0.25, -0.2) is 0 Å². The highest BCUT2D eigenvalue weighted by molar-refractivity contribution is 7.10. The highest BCUT2D eigenvalue weighted by atomic mass is 32.1. The molecular weight excluding hydrogens is 398 g/mol. The van der Waals surface area contributed by atoms with Gasteiger partial charge in [0.05, 0.1) is 32.9 Å². The number of benzene rings is 1. The lowest BCUT2D eigenvalue weighted by atomic mass is 9.90. The molecule has 0 unspecified atom stereocenters. The van der Waals surface area contributed by atoms with Crippen LogP contribution in [0.1, 0.15) is 41.8 Å². The molecule has 1 aromatic heterocycles. The van der Waals surface area contributed by atoms with Crippen molar-refractivity contribution in [3.63, 3.8) is 0 Å². The Balaban J connectivity index is 1.62. The van der Waals surface area contributed by atoms with Crippen LogP contribution in [0.5, 0.6) is 11.5 Å². The van der Waals surface area contributed by atoms with Crippen molar-refractivity contribution in [2.24, 2.45) is 5.92 Å². The molecule has 7 heteroatoms. The van der Waals surface area contributed by atoms with Crippen LogP contribution in [0.4, 0.5) is 0 Å². The van der Waals surface area contributed by atoms with Crippen LogP contribution in [0.2, 0.25) is 0 Å². The number of nitrogens with zero attached hydrogens (tertiary/aromatic N) is 2. The fourth-order valence-corrected chi connectivity index (χ4v) is 5.22. The molecule has 2 aliphatic rings. The third-order valence-electron chi connectivity index (χ3n) is 6.16. The molecule has 0 spiro atoms. The van der Waals surface area contributed by atoms with Gasteiger partial charge in [0, 0.05) is 11.4 Å². The van der Waals surface area contributed by atoms with Crippen LogP contribution in [0.15, 0.2) is 29.6 Å². The quantitative estimate of drug-likeness (QED) is 0.735. The minimum absolute atomic E-state index is 0.0337. The molecule has 4 rings (SSSR count). The van der Waals surface area contributed by atoms with Gasteiger partial charge in [-0.05, 0) is 66.8 Å². The smallest absolute Gasteiger partial charge is 0.235 e. The normalized spacial score (nSPS) is 20.5. The summed E-state index contributed by atoms with van der Waals surface area (Å²) in [4.78, 5) is 16.3. The van der Waals surface area contributed by atoms with E-state index in [1.54, 1.807) is 25.6 Å². The molecule has 1 aromatic carbocycles. The number of rotatable bonds is 7. The van der Waals surface area contributed by atoms with Crippen LogP contribution < -0.4 is 14.8 Å². The molecule has 6 nitrogen and oxygen atoms in total. The lowest BCUT2D eigenvalue weighted by Crippen LogP contribution is -2.51. The maximum absolute atomic E-state index is 12.9. The fourth-order valence-electron chi connectivity index (χ4n) is 4.34. The van der Waals surface area contributed by atoms with Crippen LogP contribution in [0.3, 0.4) is 0 Å². The van der Waals surface area contributed by atoms with Crippen molar-refractivity contribution in [2.75, 3.05) is 27.3 Å². The maximum atomic E-state index is 12.9. The molecule has 0 radical (unpaired) electrons. The predicted molar refractivity (Wildman–Crippen MR) is 116 cm³/mol. The van der Waals surface area contributed by atoms with Crippen molar-refractivity contribution in [1.82, 2.24) is 10.2 Å². The van der Waals surface area contributed by atoms with Crippen LogP contribution in [0, 0.1) is 17.2 Å². The van der Waals surface area contributed by atoms with Crippen molar-refractivity contribution >= 4 is 17.2 Å². The van der Waals surface area contributed by atoms with E-state index < -0.39 is 5.54 Å². The van der Waals surface area contributed by atoms with E-state index in [9.17, 15) is 10.1 Å². The number of methoxy groups -OCH3 is 2. The number of carbonyl (C=O) groups excluding carboxylic acids is 1. The molecule has 2 aromatic rings. The van der Waals surface area contributed by atoms with Crippen molar-refractivity contribution < 1.29 is 14.3 Å². The molecule has 0 bridgehead atoms. The molecule has 1 aliphatic heterocycles. The SMILES string of the molecule is COc1cc2c(cc1OC)[C@H](c1cccs1)N(CC(=O)N[C@@](C)(C#N)C1CC1)CC2. The van der Waals surface area contributed by atoms with E-state index >= 15 is 0 Å². The van der Waals surface area contributed by atoms with Gasteiger partial charge < -0.3 is 14.8 Å². The number of thiophene rings is 1. The van der Waals surface area contributed by atoms with Gasteiger partial charge in [-0.1, -0.05) is 6.07 Å². The van der Waals surface area contributed by atoms with Gasteiger partial charge in [0.2, 0.25) is 5.91 Å². The standard InChI is InChI=1S/C23H27N3O3S/c1-23(14-24,16-6-7-16)25-21(27)13-26-9-8-15-11-18(28-2)19(29-3)12-17(15)22(26)20-5-4-10-30-20/h4-5,10-12,16,22H,6-9,13H2,1-3H3,(H,25,27)/t22-,23+/m1/s1. The fraction of sp³-hybridized carbons (Fsp3) is 0.478. The van der Waals surface area contributed by atoms with Gasteiger partial charge >= 0.3 is 0 Å². The first-order valence-electron chi connectivity index (χ1n) is 10.2. The van der Waals surface area contributed by atoms with E-state index in [0.717, 1.165) is 37.1 Å². The van der Waals surface area contributed by atoms with E-state index in [4.69, 9.17) is 9.47 Å². The Labute approximate surface area is 181 Å². The second-order valence-electron chi connectivity index (χ2n) is 8.18. The summed E-state index contributed by atoms with van der Waals surface area (Å²) < 4.78 is 11.0. The van der Waals surface area contributed by atoms with Gasteiger partial charge in [-0.3, -0.25) is 9.69 Å². The van der Waals surface area contributed by atoms with E-state index in [1.807, 2.05) is 25.1 Å². The van der Waals surface area contributed by atoms with Gasteiger partial charge in [0.15, 0.2) is 11.5 Å². The van der Waals surface area contributed by atoms with Crippen LogP contribution in [-0.2, 0) is 11.2 Å². The zero-order valence-electron chi connectivity index (χ0n) is 17.6. The monoisotopic (exact) mass is 425 g/mol. The lowest BCUT2D eigenvalue weighted by molar-refractivity contribution is -0.124. The first-order valence-corrected chi connectivity index (χ1v) is 11.1. The van der Waals surface area contributed by atoms with E-state index in [0.29, 0.717) is 5.75 Å². The Morgan fingerprint density at radius 1 is 1.33 bits per heavy atom. The van der Waals surface area contributed by atoms with Gasteiger partial charge in [0.1, 0.15) is 5.54 Å². The second-order valence-corrected chi connectivity index (χ2v) is 9.16. The average Bonchev–Trinajstić information content (AvgIpc) is 3.49. The molecular formula is C23H27N3O3S. The molecule has 2 heterocycles. The zero-order chi connectivity index (χ0) is 21.3. The van der Waals surface area contributed by atoms with Gasteiger partial charge in [-0.15, -0.1) is 11.3 Å². The molecule has 0 saturated heterocycles. The van der Waals surface area contributed by atoms with Crippen molar-refractivity contribution in [3.8, 4) is 17.6 Å². The van der Waals surface area contributed by atoms with Crippen molar-refractivity contribution in [1.29, 1.82) is 5.26 Å². The summed E-state index contributed by atoms with van der Waals surface area (Å²) in [7, 11) is 3.28. The summed E-state index contributed by atoms with van der Waals surface area (Å²) in [5, 5.41) is 14.6. The lowest BCUT2D eigenvalue weighted by Gasteiger charge is -2.37. The van der Waals surface area contributed by atoms with Crippen molar-refractivity contribution in [2.45, 2.75) is 37.8 Å². The summed E-state index contributed by atoms with van der Waals surface area (Å²) in [6.07, 6.45) is 2.82. The number of carbonyl (C=O) groups is 1. The summed E-state index contributed by atoms with van der Waals surface area (Å²) >= 11 is 1.68. The number of nitriles is 1. The Hall–Kier alpha value is -2.56. The van der Waals surface area contributed by atoms with Gasteiger partial charge in [-0.2, -0.15) is 5.26 Å². The molecule has 1 aliphatic carbocycles. The van der Waals surface area contributed by atoms with E-state index in [1.165, 1.54) is 10.4 Å². The number of fused-ring (bicyclic) bond motifs is 1. The number of amides is 1. The second kappa shape index (κ2) is 8.29. The van der Waals surface area contributed by atoms with Crippen LogP contribution in [-0.4, -0.2) is 43.7 Å². The molecule has 1 N–H and O–H groups in total. The summed E-state index contributed by atoms with van der Waals surface area (Å²) in [5.74, 6) is 1.58. The maximum Gasteiger partial charge on any atom is 0.235 e. The highest BCUT2D eigenvalue weighted by Gasteiger charge is 2.43. The number of ether oxygens (including phenoxy) is 2. The third-order valence-corrected chi connectivity index (χ3v) is 7.08. The first-order chi connectivity index (χ1) is 14.5. The molecule has 1 amide bonds. The first kappa shape index (κ1) is 20.7. The van der Waals surface area contributed by atoms with E-state index in [-0.39, 0.29) is 24.4 Å². The largest absolute Gasteiger partial charge is 0.493 e. The number of nitrogens with one attached hydrogen (secondary N) is 1. The minimum Gasteiger partial charge on any atom is -0.493 e. The zero-order valence-corrected chi connectivity index (χ0v) is 18.4. The summed E-state index contributed by atoms with van der Waals surface area (Å²) in [6, 6.07) is 10.5. The van der Waals surface area contributed by atoms with Crippen LogP contribution >= 0.6 is 11.3 Å². The summed E-state index contributed by atoms with van der Waals surface area (Å²) in [6.45, 7) is 2.84. The number of hydrogen-bond acceptors (Lipinski definition) is 6. The van der Waals surface area contributed by atoms with Crippen LogP contribution in [0.25, 0.3) is 0 Å².